The molecule has 0 spiro atoms. The molecule has 1 fully saturated rings. The van der Waals surface area contributed by atoms with E-state index in [1.54, 1.807) is 12.1 Å². The molecule has 0 unspecified atom stereocenters. The van der Waals surface area contributed by atoms with Crippen molar-refractivity contribution in [3.05, 3.63) is 65.2 Å². The van der Waals surface area contributed by atoms with Crippen LogP contribution in [0, 0.1) is 17.6 Å². The standard InChI is InChI=1S/C22H23F2N3O3/c23-16-7-10-18(19(24)12-16)22(30)25-11-1-2-20(28)26-13-14-3-8-17(9-4-14)27-21(29)15-5-6-15/h3-4,7-10,12,15H,1-2,5-6,11,13H2,(H,25,30)(H,26,28)(H,27,29). The SMILES string of the molecule is O=C(CCCNC(=O)c1ccc(F)cc1F)NCc1ccc(NC(=O)C2CC2)cc1. The van der Waals surface area contributed by atoms with Crippen LogP contribution in [0.4, 0.5) is 14.5 Å². The van der Waals surface area contributed by atoms with Gasteiger partial charge in [0.1, 0.15) is 11.6 Å². The van der Waals surface area contributed by atoms with Crippen LogP contribution in [-0.2, 0) is 16.1 Å². The highest BCUT2D eigenvalue weighted by Crippen LogP contribution is 2.30. The highest BCUT2D eigenvalue weighted by atomic mass is 19.1. The first-order valence-electron chi connectivity index (χ1n) is 9.82. The van der Waals surface area contributed by atoms with Gasteiger partial charge in [0.25, 0.3) is 5.91 Å². The fraction of sp³-hybridized carbons (Fsp3) is 0.318. The largest absolute Gasteiger partial charge is 0.352 e. The first-order chi connectivity index (χ1) is 14.4. The van der Waals surface area contributed by atoms with Crippen LogP contribution in [0.15, 0.2) is 42.5 Å². The number of halogens is 2. The minimum Gasteiger partial charge on any atom is -0.352 e. The van der Waals surface area contributed by atoms with E-state index in [1.807, 2.05) is 12.1 Å². The molecule has 0 aromatic heterocycles. The van der Waals surface area contributed by atoms with Crippen LogP contribution < -0.4 is 16.0 Å². The highest BCUT2D eigenvalue weighted by molar-refractivity contribution is 5.94. The summed E-state index contributed by atoms with van der Waals surface area (Å²) in [6.07, 6.45) is 2.47. The Morgan fingerprint density at radius 3 is 2.37 bits per heavy atom. The van der Waals surface area contributed by atoms with E-state index in [2.05, 4.69) is 16.0 Å². The number of hydrogen-bond acceptors (Lipinski definition) is 3. The van der Waals surface area contributed by atoms with Crippen molar-refractivity contribution >= 4 is 23.4 Å². The van der Waals surface area contributed by atoms with E-state index in [0.29, 0.717) is 19.0 Å². The zero-order valence-corrected chi connectivity index (χ0v) is 16.3. The fourth-order valence-corrected chi connectivity index (χ4v) is 2.80. The second-order valence-electron chi connectivity index (χ2n) is 7.22. The summed E-state index contributed by atoms with van der Waals surface area (Å²) in [4.78, 5) is 35.5. The first-order valence-corrected chi connectivity index (χ1v) is 9.82. The van der Waals surface area contributed by atoms with Gasteiger partial charge in [-0.25, -0.2) is 8.78 Å². The summed E-state index contributed by atoms with van der Waals surface area (Å²) in [6.45, 7) is 0.543. The number of carbonyl (C=O) groups excluding carboxylic acids is 3. The smallest absolute Gasteiger partial charge is 0.254 e. The Kier molecular flexibility index (Phi) is 7.11. The maximum Gasteiger partial charge on any atom is 0.254 e. The van der Waals surface area contributed by atoms with Gasteiger partial charge in [0.2, 0.25) is 11.8 Å². The molecule has 3 N–H and O–H groups in total. The molecule has 2 aromatic rings. The molecule has 0 bridgehead atoms. The normalized spacial score (nSPS) is 12.9. The molecule has 8 heteroatoms. The molecule has 3 rings (SSSR count). The van der Waals surface area contributed by atoms with E-state index >= 15 is 0 Å². The molecule has 0 radical (unpaired) electrons. The summed E-state index contributed by atoms with van der Waals surface area (Å²) in [5, 5.41) is 8.14. The van der Waals surface area contributed by atoms with E-state index in [4.69, 9.17) is 0 Å². The molecule has 0 saturated heterocycles. The second-order valence-corrected chi connectivity index (χ2v) is 7.22. The predicted octanol–water partition coefficient (Wildman–Crippen LogP) is 3.14. The van der Waals surface area contributed by atoms with E-state index < -0.39 is 17.5 Å². The van der Waals surface area contributed by atoms with Gasteiger partial charge >= 0.3 is 0 Å². The van der Waals surface area contributed by atoms with Gasteiger partial charge in [-0.15, -0.1) is 0 Å². The van der Waals surface area contributed by atoms with Crippen LogP contribution in [0.1, 0.15) is 41.6 Å². The summed E-state index contributed by atoms with van der Waals surface area (Å²) in [6, 6.07) is 10.0. The van der Waals surface area contributed by atoms with E-state index in [-0.39, 0.29) is 36.3 Å². The third-order valence-electron chi connectivity index (χ3n) is 4.70. The van der Waals surface area contributed by atoms with Gasteiger partial charge in [0.15, 0.2) is 0 Å². The van der Waals surface area contributed by atoms with Gasteiger partial charge in [0.05, 0.1) is 5.56 Å². The van der Waals surface area contributed by atoms with Gasteiger partial charge in [-0.05, 0) is 49.1 Å². The molecule has 158 valence electrons. The summed E-state index contributed by atoms with van der Waals surface area (Å²) < 4.78 is 26.4. The molecule has 1 saturated carbocycles. The molecule has 0 aliphatic heterocycles. The number of benzene rings is 2. The zero-order valence-electron chi connectivity index (χ0n) is 16.3. The average molecular weight is 415 g/mol. The molecular formula is C22H23F2N3O3. The summed E-state index contributed by atoms with van der Waals surface area (Å²) in [5.74, 6) is -2.32. The molecule has 2 aromatic carbocycles. The van der Waals surface area contributed by atoms with Crippen molar-refractivity contribution in [1.29, 1.82) is 0 Å². The third-order valence-corrected chi connectivity index (χ3v) is 4.70. The van der Waals surface area contributed by atoms with Crippen molar-refractivity contribution in [2.45, 2.75) is 32.2 Å². The van der Waals surface area contributed by atoms with Gasteiger partial charge in [0, 0.05) is 37.2 Å². The van der Waals surface area contributed by atoms with Crippen molar-refractivity contribution in [3.8, 4) is 0 Å². The lowest BCUT2D eigenvalue weighted by Crippen LogP contribution is -2.28. The fourth-order valence-electron chi connectivity index (χ4n) is 2.80. The highest BCUT2D eigenvalue weighted by Gasteiger charge is 2.29. The molecule has 3 amide bonds. The third kappa shape index (κ3) is 6.37. The maximum atomic E-state index is 13.5. The lowest BCUT2D eigenvalue weighted by atomic mass is 10.2. The van der Waals surface area contributed by atoms with E-state index in [1.165, 1.54) is 0 Å². The Morgan fingerprint density at radius 2 is 1.70 bits per heavy atom. The molecule has 0 heterocycles. The van der Waals surface area contributed by atoms with Crippen LogP contribution in [0.5, 0.6) is 0 Å². The number of anilines is 1. The summed E-state index contributed by atoms with van der Waals surface area (Å²) in [5.41, 5.74) is 1.39. The number of hydrogen-bond donors (Lipinski definition) is 3. The van der Waals surface area contributed by atoms with Crippen LogP contribution in [0.2, 0.25) is 0 Å². The van der Waals surface area contributed by atoms with Crippen molar-refractivity contribution in [1.82, 2.24) is 10.6 Å². The number of amides is 3. The lowest BCUT2D eigenvalue weighted by molar-refractivity contribution is -0.121. The van der Waals surface area contributed by atoms with Crippen molar-refractivity contribution in [3.63, 3.8) is 0 Å². The lowest BCUT2D eigenvalue weighted by Gasteiger charge is -2.08. The van der Waals surface area contributed by atoms with Crippen LogP contribution in [-0.4, -0.2) is 24.3 Å². The van der Waals surface area contributed by atoms with Crippen molar-refractivity contribution in [2.75, 3.05) is 11.9 Å². The van der Waals surface area contributed by atoms with Crippen LogP contribution in [0.25, 0.3) is 0 Å². The molecule has 30 heavy (non-hydrogen) atoms. The monoisotopic (exact) mass is 415 g/mol. The van der Waals surface area contributed by atoms with E-state index in [0.717, 1.165) is 36.2 Å². The minimum absolute atomic E-state index is 0.0466. The number of rotatable bonds is 9. The van der Waals surface area contributed by atoms with Crippen molar-refractivity contribution in [2.24, 2.45) is 5.92 Å². The molecule has 6 nitrogen and oxygen atoms in total. The van der Waals surface area contributed by atoms with Gasteiger partial charge in [-0.1, -0.05) is 12.1 Å². The Hall–Kier alpha value is -3.29. The minimum atomic E-state index is -0.927. The molecule has 1 aliphatic carbocycles. The Morgan fingerprint density at radius 1 is 0.967 bits per heavy atom. The number of carbonyl (C=O) groups is 3. The van der Waals surface area contributed by atoms with Gasteiger partial charge in [-0.3, -0.25) is 14.4 Å². The van der Waals surface area contributed by atoms with Crippen molar-refractivity contribution < 1.29 is 23.2 Å². The number of nitrogens with one attached hydrogen (secondary N) is 3. The molecular weight excluding hydrogens is 392 g/mol. The molecule has 0 atom stereocenters. The quantitative estimate of drug-likeness (QED) is 0.550. The average Bonchev–Trinajstić information content (AvgIpc) is 3.56. The van der Waals surface area contributed by atoms with E-state index in [9.17, 15) is 23.2 Å². The molecule has 1 aliphatic rings. The van der Waals surface area contributed by atoms with Gasteiger partial charge in [-0.2, -0.15) is 0 Å². The summed E-state index contributed by atoms with van der Waals surface area (Å²) in [7, 11) is 0. The Bertz CT molecular complexity index is 928. The maximum absolute atomic E-state index is 13.5. The topological polar surface area (TPSA) is 87.3 Å². The van der Waals surface area contributed by atoms with Crippen LogP contribution in [0.3, 0.4) is 0 Å². The Labute approximate surface area is 173 Å². The van der Waals surface area contributed by atoms with Crippen LogP contribution >= 0.6 is 0 Å². The van der Waals surface area contributed by atoms with Gasteiger partial charge < -0.3 is 16.0 Å². The second kappa shape index (κ2) is 9.96. The Balaban J connectivity index is 1.32. The first kappa shape index (κ1) is 21.4. The zero-order chi connectivity index (χ0) is 21.5. The predicted molar refractivity (Wildman–Crippen MR) is 108 cm³/mol. The summed E-state index contributed by atoms with van der Waals surface area (Å²) >= 11 is 0.